The summed E-state index contributed by atoms with van der Waals surface area (Å²) in [5.41, 5.74) is 1.29. The van der Waals surface area contributed by atoms with Crippen LogP contribution in [0.2, 0.25) is 0 Å². The van der Waals surface area contributed by atoms with Gasteiger partial charge in [0.15, 0.2) is 6.61 Å². The molecule has 1 fully saturated rings. The highest BCUT2D eigenvalue weighted by atomic mass is 16.5. The number of benzene rings is 1. The summed E-state index contributed by atoms with van der Waals surface area (Å²) < 4.78 is 10.9. The number of aromatic nitrogens is 2. The van der Waals surface area contributed by atoms with E-state index in [2.05, 4.69) is 34.5 Å². The Morgan fingerprint density at radius 3 is 2.76 bits per heavy atom. The summed E-state index contributed by atoms with van der Waals surface area (Å²) in [4.78, 5) is 4.34. The summed E-state index contributed by atoms with van der Waals surface area (Å²) in [6.45, 7) is 2.51. The second-order valence-corrected chi connectivity index (χ2v) is 5.65. The van der Waals surface area contributed by atoms with E-state index >= 15 is 0 Å². The lowest BCUT2D eigenvalue weighted by atomic mass is 10.1. The summed E-state index contributed by atoms with van der Waals surface area (Å²) in [6.07, 6.45) is 3.33. The van der Waals surface area contributed by atoms with Crippen molar-refractivity contribution in [3.05, 3.63) is 41.5 Å². The monoisotopic (exact) mass is 287 g/mol. The quantitative estimate of drug-likeness (QED) is 0.848. The van der Waals surface area contributed by atoms with Crippen molar-refractivity contribution in [1.82, 2.24) is 15.5 Å². The first kappa shape index (κ1) is 14.1. The van der Waals surface area contributed by atoms with Gasteiger partial charge in [0.2, 0.25) is 11.7 Å². The third-order valence-corrected chi connectivity index (χ3v) is 3.74. The lowest BCUT2D eigenvalue weighted by Gasteiger charge is -2.10. The minimum Gasteiger partial charge on any atom is -0.485 e. The average molecular weight is 287 g/mol. The van der Waals surface area contributed by atoms with Crippen LogP contribution in [0.1, 0.15) is 43.0 Å². The van der Waals surface area contributed by atoms with E-state index in [0.29, 0.717) is 24.4 Å². The summed E-state index contributed by atoms with van der Waals surface area (Å²) in [5.74, 6) is 2.68. The molecule has 0 bridgehead atoms. The van der Waals surface area contributed by atoms with Crippen molar-refractivity contribution in [2.75, 3.05) is 7.05 Å². The van der Waals surface area contributed by atoms with Crippen LogP contribution in [0.25, 0.3) is 0 Å². The summed E-state index contributed by atoms with van der Waals surface area (Å²) in [7, 11) is 1.98. The molecule has 0 aliphatic heterocycles. The van der Waals surface area contributed by atoms with Gasteiger partial charge in [-0.15, -0.1) is 0 Å². The van der Waals surface area contributed by atoms with Crippen LogP contribution >= 0.6 is 0 Å². The molecule has 1 aromatic heterocycles. The molecule has 112 valence electrons. The molecule has 0 saturated heterocycles. The Bertz CT molecular complexity index is 575. The first-order valence-corrected chi connectivity index (χ1v) is 7.46. The minimum atomic E-state index is 0.350. The van der Waals surface area contributed by atoms with Gasteiger partial charge in [0.25, 0.3) is 0 Å². The van der Waals surface area contributed by atoms with Gasteiger partial charge in [-0.3, -0.25) is 0 Å². The standard InChI is InChI=1S/C16H21N3O2/c1-11(17-2)9-12-3-7-14(8-4-12)20-10-15-18-16(21-19-15)13-5-6-13/h3-4,7-8,11,13,17H,5-6,9-10H2,1-2H3. The van der Waals surface area contributed by atoms with Crippen molar-refractivity contribution in [2.24, 2.45) is 0 Å². The van der Waals surface area contributed by atoms with E-state index in [4.69, 9.17) is 9.26 Å². The topological polar surface area (TPSA) is 60.2 Å². The Morgan fingerprint density at radius 1 is 1.33 bits per heavy atom. The Balaban J connectivity index is 1.52. The van der Waals surface area contributed by atoms with Crippen molar-refractivity contribution in [3.63, 3.8) is 0 Å². The zero-order valence-electron chi connectivity index (χ0n) is 12.5. The first-order chi connectivity index (χ1) is 10.2. The normalized spacial score (nSPS) is 15.9. The van der Waals surface area contributed by atoms with Gasteiger partial charge in [-0.05, 0) is 50.9 Å². The fourth-order valence-corrected chi connectivity index (χ4v) is 2.15. The molecule has 1 aromatic carbocycles. The predicted octanol–water partition coefficient (Wildman–Crippen LogP) is 2.68. The van der Waals surface area contributed by atoms with Crippen LogP contribution in [0.15, 0.2) is 28.8 Å². The average Bonchev–Trinajstić information content (AvgIpc) is 3.25. The van der Waals surface area contributed by atoms with E-state index in [1.807, 2.05) is 19.2 Å². The van der Waals surface area contributed by atoms with Crippen LogP contribution in [0, 0.1) is 0 Å². The molecule has 1 N–H and O–H groups in total. The van der Waals surface area contributed by atoms with Crippen LogP contribution in [-0.4, -0.2) is 23.2 Å². The van der Waals surface area contributed by atoms with Crippen LogP contribution in [0.5, 0.6) is 5.75 Å². The van der Waals surface area contributed by atoms with Gasteiger partial charge >= 0.3 is 0 Å². The number of nitrogens with zero attached hydrogens (tertiary/aromatic N) is 2. The fourth-order valence-electron chi connectivity index (χ4n) is 2.15. The highest BCUT2D eigenvalue weighted by Gasteiger charge is 2.29. The van der Waals surface area contributed by atoms with Gasteiger partial charge in [0.05, 0.1) is 0 Å². The van der Waals surface area contributed by atoms with Crippen LogP contribution in [0.4, 0.5) is 0 Å². The number of nitrogens with one attached hydrogen (secondary N) is 1. The molecule has 0 spiro atoms. The highest BCUT2D eigenvalue weighted by Crippen LogP contribution is 2.38. The smallest absolute Gasteiger partial charge is 0.229 e. The number of hydrogen-bond acceptors (Lipinski definition) is 5. The number of ether oxygens (including phenoxy) is 1. The highest BCUT2D eigenvalue weighted by molar-refractivity contribution is 5.27. The van der Waals surface area contributed by atoms with Crippen molar-refractivity contribution in [3.8, 4) is 5.75 Å². The van der Waals surface area contributed by atoms with Crippen LogP contribution in [-0.2, 0) is 13.0 Å². The van der Waals surface area contributed by atoms with E-state index in [1.165, 1.54) is 5.56 Å². The molecular formula is C16H21N3O2. The summed E-state index contributed by atoms with van der Waals surface area (Å²) >= 11 is 0. The first-order valence-electron chi connectivity index (χ1n) is 7.46. The third kappa shape index (κ3) is 3.82. The molecule has 1 aliphatic rings. The van der Waals surface area contributed by atoms with Gasteiger partial charge in [-0.1, -0.05) is 17.3 Å². The second kappa shape index (κ2) is 6.26. The Hall–Kier alpha value is -1.88. The van der Waals surface area contributed by atoms with Crippen LogP contribution in [0.3, 0.4) is 0 Å². The summed E-state index contributed by atoms with van der Waals surface area (Å²) in [6, 6.07) is 8.63. The van der Waals surface area contributed by atoms with E-state index < -0.39 is 0 Å². The molecular weight excluding hydrogens is 266 g/mol. The van der Waals surface area contributed by atoms with Gasteiger partial charge in [0.1, 0.15) is 5.75 Å². The molecule has 21 heavy (non-hydrogen) atoms. The van der Waals surface area contributed by atoms with Gasteiger partial charge in [-0.2, -0.15) is 4.98 Å². The SMILES string of the molecule is CNC(C)Cc1ccc(OCc2noc(C3CC3)n2)cc1. The molecule has 1 aliphatic carbocycles. The maximum absolute atomic E-state index is 5.69. The van der Waals surface area contributed by atoms with Crippen molar-refractivity contribution in [1.29, 1.82) is 0 Å². The number of hydrogen-bond donors (Lipinski definition) is 1. The van der Waals surface area contributed by atoms with Gasteiger partial charge in [0, 0.05) is 12.0 Å². The lowest BCUT2D eigenvalue weighted by Crippen LogP contribution is -2.23. The van der Waals surface area contributed by atoms with Crippen molar-refractivity contribution in [2.45, 2.75) is 44.8 Å². The Morgan fingerprint density at radius 2 is 2.10 bits per heavy atom. The maximum Gasteiger partial charge on any atom is 0.229 e. The third-order valence-electron chi connectivity index (χ3n) is 3.74. The second-order valence-electron chi connectivity index (χ2n) is 5.65. The number of likely N-dealkylation sites (N-methyl/N-ethyl adjacent to an activating group) is 1. The molecule has 1 heterocycles. The number of rotatable bonds is 7. The zero-order valence-corrected chi connectivity index (χ0v) is 12.5. The largest absolute Gasteiger partial charge is 0.485 e. The maximum atomic E-state index is 5.69. The molecule has 5 heteroatoms. The van der Waals surface area contributed by atoms with Gasteiger partial charge in [-0.25, -0.2) is 0 Å². The molecule has 0 amide bonds. The van der Waals surface area contributed by atoms with Gasteiger partial charge < -0.3 is 14.6 Å². The molecule has 3 rings (SSSR count). The lowest BCUT2D eigenvalue weighted by molar-refractivity contribution is 0.285. The zero-order chi connectivity index (χ0) is 14.7. The van der Waals surface area contributed by atoms with E-state index in [-0.39, 0.29) is 0 Å². The molecule has 2 aromatic rings. The Labute approximate surface area is 124 Å². The van der Waals surface area contributed by atoms with E-state index in [1.54, 1.807) is 0 Å². The van der Waals surface area contributed by atoms with E-state index in [9.17, 15) is 0 Å². The molecule has 1 unspecified atom stereocenters. The fraction of sp³-hybridized carbons (Fsp3) is 0.500. The minimum absolute atomic E-state index is 0.350. The molecule has 0 radical (unpaired) electrons. The van der Waals surface area contributed by atoms with Crippen molar-refractivity contribution >= 4 is 0 Å². The molecule has 5 nitrogen and oxygen atoms in total. The Kier molecular flexibility index (Phi) is 4.20. The predicted molar refractivity (Wildman–Crippen MR) is 79.3 cm³/mol. The van der Waals surface area contributed by atoms with E-state index in [0.717, 1.165) is 30.9 Å². The molecule has 1 saturated carbocycles. The summed E-state index contributed by atoms with van der Waals surface area (Å²) in [5, 5.41) is 7.17. The molecule has 1 atom stereocenters. The van der Waals surface area contributed by atoms with Crippen LogP contribution < -0.4 is 10.1 Å². The van der Waals surface area contributed by atoms with Crippen molar-refractivity contribution < 1.29 is 9.26 Å².